The van der Waals surface area contributed by atoms with Crippen LogP contribution in [0.5, 0.6) is 5.75 Å². The van der Waals surface area contributed by atoms with Crippen molar-refractivity contribution in [3.8, 4) is 5.75 Å². The number of aryl methyl sites for hydroxylation is 1. The number of carbonyl (C=O) groups is 1. The fraction of sp³-hybridized carbons (Fsp3) is 0.312. The van der Waals surface area contributed by atoms with Crippen LogP contribution in [0.4, 0.5) is 0 Å². The van der Waals surface area contributed by atoms with Crippen LogP contribution >= 0.6 is 0 Å². The highest BCUT2D eigenvalue weighted by Gasteiger charge is 2.26. The van der Waals surface area contributed by atoms with Crippen molar-refractivity contribution < 1.29 is 14.3 Å². The lowest BCUT2D eigenvalue weighted by Crippen LogP contribution is -2.26. The van der Waals surface area contributed by atoms with Crippen LogP contribution in [-0.2, 0) is 12.8 Å². The van der Waals surface area contributed by atoms with E-state index < -0.39 is 0 Å². The fourth-order valence-corrected chi connectivity index (χ4v) is 2.70. The second kappa shape index (κ2) is 5.04. The monoisotopic (exact) mass is 271 g/mol. The maximum Gasteiger partial charge on any atom is 0.287 e. The zero-order valence-electron chi connectivity index (χ0n) is 11.3. The number of fused-ring (bicyclic) bond motifs is 1. The average molecular weight is 271 g/mol. The van der Waals surface area contributed by atoms with E-state index in [1.807, 2.05) is 19.1 Å². The molecule has 0 spiro atoms. The third-order valence-electron chi connectivity index (χ3n) is 3.79. The molecule has 0 fully saturated rings. The molecule has 20 heavy (non-hydrogen) atoms. The van der Waals surface area contributed by atoms with Crippen LogP contribution in [0.2, 0.25) is 0 Å². The minimum absolute atomic E-state index is 0.0558. The van der Waals surface area contributed by atoms with Gasteiger partial charge in [-0.25, -0.2) is 0 Å². The fourth-order valence-electron chi connectivity index (χ4n) is 2.70. The van der Waals surface area contributed by atoms with E-state index in [2.05, 4.69) is 5.32 Å². The van der Waals surface area contributed by atoms with Crippen LogP contribution in [0, 0.1) is 0 Å². The lowest BCUT2D eigenvalue weighted by molar-refractivity contribution is 0.0907. The third kappa shape index (κ3) is 2.18. The molecule has 0 saturated carbocycles. The van der Waals surface area contributed by atoms with E-state index in [9.17, 15) is 9.90 Å². The van der Waals surface area contributed by atoms with Crippen molar-refractivity contribution in [2.45, 2.75) is 32.2 Å². The summed E-state index contributed by atoms with van der Waals surface area (Å²) in [5, 5.41) is 12.8. The van der Waals surface area contributed by atoms with Crippen molar-refractivity contribution in [3.63, 3.8) is 0 Å². The average Bonchev–Trinajstić information content (AvgIpc) is 3.07. The van der Waals surface area contributed by atoms with Crippen molar-refractivity contribution in [1.29, 1.82) is 0 Å². The van der Waals surface area contributed by atoms with Gasteiger partial charge in [-0.2, -0.15) is 0 Å². The smallest absolute Gasteiger partial charge is 0.287 e. The highest BCUT2D eigenvalue weighted by atomic mass is 16.3. The van der Waals surface area contributed by atoms with Crippen LogP contribution in [-0.4, -0.2) is 11.0 Å². The molecule has 2 N–H and O–H groups in total. The number of hydrogen-bond donors (Lipinski definition) is 2. The maximum atomic E-state index is 12.2. The molecule has 1 aliphatic rings. The molecule has 1 amide bonds. The van der Waals surface area contributed by atoms with Crippen molar-refractivity contribution in [1.82, 2.24) is 5.32 Å². The SMILES string of the molecule is CCc1ccc(C(=O)NC2CCc3c(O)cccc32)o1. The minimum atomic E-state index is -0.203. The Hall–Kier alpha value is -2.23. The standard InChI is InChI=1S/C16H17NO3/c1-2-10-6-9-15(20-10)16(19)17-13-8-7-12-11(13)4-3-5-14(12)18/h3-6,9,13,18H,2,7-8H2,1H3,(H,17,19). The molecule has 1 heterocycles. The molecule has 3 rings (SSSR count). The molecule has 1 aromatic heterocycles. The van der Waals surface area contributed by atoms with Crippen molar-refractivity contribution in [3.05, 3.63) is 53.0 Å². The molecule has 1 aromatic carbocycles. The molecule has 1 unspecified atom stereocenters. The first-order chi connectivity index (χ1) is 9.69. The molecule has 1 aliphatic carbocycles. The highest BCUT2D eigenvalue weighted by molar-refractivity contribution is 5.91. The molecular weight excluding hydrogens is 254 g/mol. The van der Waals surface area contributed by atoms with E-state index in [0.717, 1.165) is 36.1 Å². The van der Waals surface area contributed by atoms with Gasteiger partial charge in [0.1, 0.15) is 11.5 Å². The molecule has 0 bridgehead atoms. The number of aromatic hydroxyl groups is 1. The van der Waals surface area contributed by atoms with Gasteiger partial charge in [-0.05, 0) is 42.2 Å². The Kier molecular flexibility index (Phi) is 3.22. The normalized spacial score (nSPS) is 16.9. The van der Waals surface area contributed by atoms with Crippen molar-refractivity contribution >= 4 is 5.91 Å². The molecule has 1 atom stereocenters. The van der Waals surface area contributed by atoms with E-state index in [4.69, 9.17) is 4.42 Å². The Labute approximate surface area is 117 Å². The van der Waals surface area contributed by atoms with E-state index >= 15 is 0 Å². The first-order valence-electron chi connectivity index (χ1n) is 6.89. The quantitative estimate of drug-likeness (QED) is 0.902. The third-order valence-corrected chi connectivity index (χ3v) is 3.79. The van der Waals surface area contributed by atoms with Gasteiger partial charge < -0.3 is 14.8 Å². The molecule has 104 valence electrons. The summed E-state index contributed by atoms with van der Waals surface area (Å²) >= 11 is 0. The number of phenols is 1. The number of furan rings is 1. The van der Waals surface area contributed by atoms with E-state index in [1.54, 1.807) is 18.2 Å². The van der Waals surface area contributed by atoms with Gasteiger partial charge in [0.25, 0.3) is 5.91 Å². The van der Waals surface area contributed by atoms with Gasteiger partial charge in [-0.15, -0.1) is 0 Å². The summed E-state index contributed by atoms with van der Waals surface area (Å²) in [5.41, 5.74) is 1.94. The van der Waals surface area contributed by atoms with Crippen LogP contribution in [0.25, 0.3) is 0 Å². The predicted molar refractivity (Wildman–Crippen MR) is 74.7 cm³/mol. The summed E-state index contributed by atoms with van der Waals surface area (Å²) in [6.07, 6.45) is 2.36. The van der Waals surface area contributed by atoms with Gasteiger partial charge >= 0.3 is 0 Å². The summed E-state index contributed by atoms with van der Waals surface area (Å²) in [6, 6.07) is 8.91. The topological polar surface area (TPSA) is 62.5 Å². The summed E-state index contributed by atoms with van der Waals surface area (Å²) in [5.74, 6) is 1.26. The predicted octanol–water partition coefficient (Wildman–Crippen LogP) is 2.96. The van der Waals surface area contributed by atoms with Gasteiger partial charge in [0, 0.05) is 6.42 Å². The molecule has 4 nitrogen and oxygen atoms in total. The molecule has 0 aliphatic heterocycles. The molecule has 0 radical (unpaired) electrons. The Morgan fingerprint density at radius 3 is 3.00 bits per heavy atom. The van der Waals surface area contributed by atoms with E-state index in [-0.39, 0.29) is 11.9 Å². The number of carbonyl (C=O) groups excluding carboxylic acids is 1. The van der Waals surface area contributed by atoms with Crippen molar-refractivity contribution in [2.24, 2.45) is 0 Å². The second-order valence-corrected chi connectivity index (χ2v) is 5.03. The summed E-state index contributed by atoms with van der Waals surface area (Å²) in [6.45, 7) is 1.98. The highest BCUT2D eigenvalue weighted by Crippen LogP contribution is 2.36. The number of hydrogen-bond acceptors (Lipinski definition) is 3. The molecular formula is C16H17NO3. The van der Waals surface area contributed by atoms with Gasteiger partial charge in [-0.1, -0.05) is 19.1 Å². The number of nitrogens with one attached hydrogen (secondary N) is 1. The molecule has 2 aromatic rings. The summed E-state index contributed by atoms with van der Waals surface area (Å²) in [7, 11) is 0. The first-order valence-corrected chi connectivity index (χ1v) is 6.89. The first kappa shape index (κ1) is 12.8. The number of amides is 1. The van der Waals surface area contributed by atoms with E-state index in [1.165, 1.54) is 0 Å². The number of benzene rings is 1. The zero-order valence-corrected chi connectivity index (χ0v) is 11.3. The second-order valence-electron chi connectivity index (χ2n) is 5.03. The summed E-state index contributed by atoms with van der Waals surface area (Å²) in [4.78, 5) is 12.2. The van der Waals surface area contributed by atoms with E-state index in [0.29, 0.717) is 11.5 Å². The zero-order chi connectivity index (χ0) is 14.1. The number of rotatable bonds is 3. The van der Waals surface area contributed by atoms with Gasteiger partial charge in [-0.3, -0.25) is 4.79 Å². The van der Waals surface area contributed by atoms with Crippen LogP contribution in [0.3, 0.4) is 0 Å². The lowest BCUT2D eigenvalue weighted by Gasteiger charge is -2.13. The van der Waals surface area contributed by atoms with Crippen LogP contribution < -0.4 is 5.32 Å². The molecule has 0 saturated heterocycles. The van der Waals surface area contributed by atoms with Crippen molar-refractivity contribution in [2.75, 3.05) is 0 Å². The maximum absolute atomic E-state index is 12.2. The van der Waals surface area contributed by atoms with Crippen LogP contribution in [0.15, 0.2) is 34.7 Å². The number of phenolic OH excluding ortho intramolecular Hbond substituents is 1. The Balaban J connectivity index is 1.77. The summed E-state index contributed by atoms with van der Waals surface area (Å²) < 4.78 is 5.46. The Morgan fingerprint density at radius 1 is 1.40 bits per heavy atom. The molecule has 4 heteroatoms. The Bertz CT molecular complexity index is 645. The van der Waals surface area contributed by atoms with Gasteiger partial charge in [0.15, 0.2) is 5.76 Å². The van der Waals surface area contributed by atoms with Crippen LogP contribution in [0.1, 0.15) is 46.8 Å². The van der Waals surface area contributed by atoms with Gasteiger partial charge in [0.05, 0.1) is 6.04 Å². The largest absolute Gasteiger partial charge is 0.508 e. The minimum Gasteiger partial charge on any atom is -0.508 e. The van der Waals surface area contributed by atoms with Gasteiger partial charge in [0.2, 0.25) is 0 Å². The lowest BCUT2D eigenvalue weighted by atomic mass is 10.1. The Morgan fingerprint density at radius 2 is 2.25 bits per heavy atom.